The zero-order chi connectivity index (χ0) is 15.5. The fourth-order valence-corrected chi connectivity index (χ4v) is 4.60. The number of hydrogen-bond donors (Lipinski definition) is 0. The van der Waals surface area contributed by atoms with Crippen molar-refractivity contribution in [3.63, 3.8) is 0 Å². The molecule has 0 aliphatic rings. The molecule has 1 heterocycles. The third kappa shape index (κ3) is 3.82. The molecule has 0 saturated heterocycles. The molecule has 0 unspecified atom stereocenters. The highest BCUT2D eigenvalue weighted by Crippen LogP contribution is 2.24. The monoisotopic (exact) mass is 297 g/mol. The van der Waals surface area contributed by atoms with Gasteiger partial charge in [-0.15, -0.1) is 0 Å². The van der Waals surface area contributed by atoms with E-state index >= 15 is 0 Å². The Morgan fingerprint density at radius 1 is 1.05 bits per heavy atom. The summed E-state index contributed by atoms with van der Waals surface area (Å²) in [6, 6.07) is 13.0. The average Bonchev–Trinajstić information content (AvgIpc) is 2.45. The van der Waals surface area contributed by atoms with Gasteiger partial charge in [0.1, 0.15) is 0 Å². The Balaban J connectivity index is 2.65. The topological polar surface area (TPSA) is 12.9 Å². The van der Waals surface area contributed by atoms with Crippen LogP contribution < -0.4 is 5.19 Å². The molecule has 0 amide bonds. The molecule has 0 saturated carbocycles. The quantitative estimate of drug-likeness (QED) is 0.712. The van der Waals surface area contributed by atoms with Crippen LogP contribution in [0.3, 0.4) is 0 Å². The second-order valence-corrected chi connectivity index (χ2v) is 11.9. The first-order chi connectivity index (χ1) is 9.93. The molecule has 0 aliphatic heterocycles. The van der Waals surface area contributed by atoms with Gasteiger partial charge in [0, 0.05) is 11.3 Å². The lowest BCUT2D eigenvalue weighted by Crippen LogP contribution is -2.41. The van der Waals surface area contributed by atoms with Gasteiger partial charge in [0.05, 0.1) is 13.8 Å². The van der Waals surface area contributed by atoms with Gasteiger partial charge in [-0.1, -0.05) is 68.5 Å². The lowest BCUT2D eigenvalue weighted by molar-refractivity contribution is 0.795. The molecule has 0 bridgehead atoms. The first-order valence-electron chi connectivity index (χ1n) is 8.00. The van der Waals surface area contributed by atoms with Gasteiger partial charge >= 0.3 is 0 Å². The second-order valence-electron chi connectivity index (χ2n) is 6.86. The van der Waals surface area contributed by atoms with Crippen molar-refractivity contribution in [2.45, 2.75) is 52.8 Å². The molecular formula is C19H27NSi. The van der Waals surface area contributed by atoms with Crippen molar-refractivity contribution in [3.05, 3.63) is 47.7 Å². The van der Waals surface area contributed by atoms with E-state index in [1.54, 1.807) is 5.19 Å². The molecule has 2 rings (SSSR count). The molecule has 1 aromatic heterocycles. The Kier molecular flexibility index (Phi) is 4.99. The van der Waals surface area contributed by atoms with Crippen molar-refractivity contribution in [1.29, 1.82) is 0 Å². The van der Waals surface area contributed by atoms with E-state index in [0.29, 0.717) is 0 Å². The first-order valence-corrected chi connectivity index (χ1v) is 11.5. The minimum absolute atomic E-state index is 1.14. The van der Waals surface area contributed by atoms with Gasteiger partial charge in [-0.3, -0.25) is 4.98 Å². The van der Waals surface area contributed by atoms with Crippen LogP contribution in [-0.4, -0.2) is 13.1 Å². The lowest BCUT2D eigenvalue weighted by Gasteiger charge is -2.24. The number of benzene rings is 1. The van der Waals surface area contributed by atoms with Gasteiger partial charge in [0.15, 0.2) is 0 Å². The molecule has 1 nitrogen and oxygen atoms in total. The summed E-state index contributed by atoms with van der Waals surface area (Å²) < 4.78 is 0. The van der Waals surface area contributed by atoms with Gasteiger partial charge in [-0.05, 0) is 31.4 Å². The standard InChI is InChI=1S/C19H27NSi/c1-6-7-13-17-18(21(3,4)5)14-15(2)20-19(17)16-11-9-8-10-12-16/h8-12,14H,6-7,13H2,1-5H3. The summed E-state index contributed by atoms with van der Waals surface area (Å²) in [6.07, 6.45) is 3.61. The third-order valence-corrected chi connectivity index (χ3v) is 5.95. The minimum atomic E-state index is -1.36. The molecule has 0 N–H and O–H groups in total. The molecule has 2 aromatic rings. The normalized spacial score (nSPS) is 11.7. The Morgan fingerprint density at radius 3 is 2.29 bits per heavy atom. The largest absolute Gasteiger partial charge is 0.253 e. The second kappa shape index (κ2) is 6.57. The van der Waals surface area contributed by atoms with Crippen molar-refractivity contribution in [2.75, 3.05) is 0 Å². The van der Waals surface area contributed by atoms with Crippen LogP contribution in [0.5, 0.6) is 0 Å². The van der Waals surface area contributed by atoms with Crippen LogP contribution in [0.1, 0.15) is 31.0 Å². The molecule has 1 aromatic carbocycles. The lowest BCUT2D eigenvalue weighted by atomic mass is 10.0. The van der Waals surface area contributed by atoms with Crippen molar-refractivity contribution in [2.24, 2.45) is 0 Å². The molecule has 0 atom stereocenters. The molecule has 0 spiro atoms. The van der Waals surface area contributed by atoms with E-state index in [1.807, 2.05) is 0 Å². The molecule has 0 radical (unpaired) electrons. The number of aromatic nitrogens is 1. The summed E-state index contributed by atoms with van der Waals surface area (Å²) in [5.74, 6) is 0. The minimum Gasteiger partial charge on any atom is -0.253 e. The van der Waals surface area contributed by atoms with Crippen LogP contribution in [0.15, 0.2) is 36.4 Å². The Labute approximate surface area is 130 Å². The zero-order valence-electron chi connectivity index (χ0n) is 14.0. The van der Waals surface area contributed by atoms with Crippen molar-refractivity contribution in [1.82, 2.24) is 4.98 Å². The average molecular weight is 298 g/mol. The number of rotatable bonds is 5. The van der Waals surface area contributed by atoms with E-state index in [4.69, 9.17) is 4.98 Å². The van der Waals surface area contributed by atoms with Crippen LogP contribution in [0, 0.1) is 6.92 Å². The molecular weight excluding hydrogens is 270 g/mol. The zero-order valence-corrected chi connectivity index (χ0v) is 15.0. The van der Waals surface area contributed by atoms with Gasteiger partial charge in [-0.2, -0.15) is 0 Å². The predicted molar refractivity (Wildman–Crippen MR) is 96.0 cm³/mol. The Bertz CT molecular complexity index is 597. The highest BCUT2D eigenvalue weighted by molar-refractivity contribution is 6.89. The van der Waals surface area contributed by atoms with E-state index in [0.717, 1.165) is 12.1 Å². The van der Waals surface area contributed by atoms with Gasteiger partial charge in [0.2, 0.25) is 0 Å². The van der Waals surface area contributed by atoms with E-state index in [1.165, 1.54) is 29.7 Å². The van der Waals surface area contributed by atoms with Crippen LogP contribution in [0.4, 0.5) is 0 Å². The fraction of sp³-hybridized carbons (Fsp3) is 0.421. The summed E-state index contributed by atoms with van der Waals surface area (Å²) in [4.78, 5) is 4.89. The number of pyridine rings is 1. The van der Waals surface area contributed by atoms with E-state index in [2.05, 4.69) is 69.9 Å². The van der Waals surface area contributed by atoms with Crippen LogP contribution in [0.2, 0.25) is 19.6 Å². The van der Waals surface area contributed by atoms with Crippen molar-refractivity contribution in [3.8, 4) is 11.3 Å². The third-order valence-electron chi connectivity index (χ3n) is 3.89. The number of hydrogen-bond acceptors (Lipinski definition) is 1. The first kappa shape index (κ1) is 16.0. The number of unbranched alkanes of at least 4 members (excludes halogenated alkanes) is 1. The summed E-state index contributed by atoms with van der Waals surface area (Å²) in [5.41, 5.74) is 5.10. The van der Waals surface area contributed by atoms with Crippen LogP contribution >= 0.6 is 0 Å². The van der Waals surface area contributed by atoms with Gasteiger partial charge < -0.3 is 0 Å². The van der Waals surface area contributed by atoms with E-state index < -0.39 is 8.07 Å². The van der Waals surface area contributed by atoms with E-state index in [-0.39, 0.29) is 0 Å². The Hall–Kier alpha value is -1.41. The maximum absolute atomic E-state index is 4.89. The van der Waals surface area contributed by atoms with E-state index in [9.17, 15) is 0 Å². The smallest absolute Gasteiger partial charge is 0.0781 e. The summed E-state index contributed by atoms with van der Waals surface area (Å²) in [7, 11) is -1.36. The van der Waals surface area contributed by atoms with Gasteiger partial charge in [-0.25, -0.2) is 0 Å². The summed E-state index contributed by atoms with van der Waals surface area (Å²) in [6.45, 7) is 11.7. The maximum atomic E-state index is 4.89. The fourth-order valence-electron chi connectivity index (χ4n) is 2.81. The molecule has 112 valence electrons. The molecule has 21 heavy (non-hydrogen) atoms. The van der Waals surface area contributed by atoms with Crippen molar-refractivity contribution < 1.29 is 0 Å². The predicted octanol–water partition coefficient (Wildman–Crippen LogP) is 4.94. The number of nitrogens with zero attached hydrogens (tertiary/aromatic N) is 1. The van der Waals surface area contributed by atoms with Crippen LogP contribution in [0.25, 0.3) is 11.3 Å². The molecule has 2 heteroatoms. The van der Waals surface area contributed by atoms with Gasteiger partial charge in [0.25, 0.3) is 0 Å². The maximum Gasteiger partial charge on any atom is 0.0781 e. The summed E-state index contributed by atoms with van der Waals surface area (Å²) >= 11 is 0. The molecule has 0 aliphatic carbocycles. The highest BCUT2D eigenvalue weighted by atomic mass is 28.3. The highest BCUT2D eigenvalue weighted by Gasteiger charge is 2.23. The SMILES string of the molecule is CCCCc1c([Si](C)(C)C)cc(C)nc1-c1ccccc1. The Morgan fingerprint density at radius 2 is 1.71 bits per heavy atom. The number of aryl methyl sites for hydroxylation is 1. The van der Waals surface area contributed by atoms with Crippen LogP contribution in [-0.2, 0) is 6.42 Å². The van der Waals surface area contributed by atoms with Crippen molar-refractivity contribution >= 4 is 13.3 Å². The summed E-state index contributed by atoms with van der Waals surface area (Å²) in [5, 5.41) is 1.59. The molecule has 0 fully saturated rings.